The third-order valence-corrected chi connectivity index (χ3v) is 5.39. The number of halogens is 5. The van der Waals surface area contributed by atoms with Crippen LogP contribution in [0.25, 0.3) is 22.1 Å². The van der Waals surface area contributed by atoms with Gasteiger partial charge in [0.1, 0.15) is 41.4 Å². The van der Waals surface area contributed by atoms with Crippen LogP contribution in [0, 0.1) is 11.6 Å². The number of carbonyl (C=O) groups is 1. The first-order chi connectivity index (χ1) is 16.6. The van der Waals surface area contributed by atoms with Crippen molar-refractivity contribution in [3.05, 3.63) is 88.7 Å². The quantitative estimate of drug-likeness (QED) is 0.307. The monoisotopic (exact) mass is 491 g/mol. The highest BCUT2D eigenvalue weighted by Crippen LogP contribution is 2.42. The molecule has 35 heavy (non-hydrogen) atoms. The molecule has 4 aromatic rings. The molecule has 0 saturated heterocycles. The fraction of sp³-hybridized carbons (Fsp3) is 0.160. The fourth-order valence-corrected chi connectivity index (χ4v) is 3.76. The van der Waals surface area contributed by atoms with E-state index in [-0.39, 0.29) is 34.6 Å². The Kier molecular flexibility index (Phi) is 6.49. The Morgan fingerprint density at radius 1 is 1.06 bits per heavy atom. The van der Waals surface area contributed by atoms with Gasteiger partial charge in [0.15, 0.2) is 0 Å². The van der Waals surface area contributed by atoms with Crippen LogP contribution in [0.15, 0.2) is 59.2 Å². The van der Waals surface area contributed by atoms with Gasteiger partial charge in [-0.2, -0.15) is 13.2 Å². The maximum Gasteiger partial charge on any atom is 0.420 e. The highest BCUT2D eigenvalue weighted by molar-refractivity contribution is 5.96. The summed E-state index contributed by atoms with van der Waals surface area (Å²) in [6.07, 6.45) is -4.93. The Hall–Kier alpha value is -3.92. The molecule has 0 fully saturated rings. The summed E-state index contributed by atoms with van der Waals surface area (Å²) in [6.45, 7) is -0.421. The van der Waals surface area contributed by atoms with Crippen molar-refractivity contribution >= 4 is 16.9 Å². The molecule has 0 aliphatic heterocycles. The van der Waals surface area contributed by atoms with Gasteiger partial charge in [-0.1, -0.05) is 24.3 Å². The molecule has 3 N–H and O–H groups in total. The summed E-state index contributed by atoms with van der Waals surface area (Å²) in [5, 5.41) is 8.29. The number of alkyl halides is 3. The predicted octanol–water partition coefficient (Wildman–Crippen LogP) is 6.06. The lowest BCUT2D eigenvalue weighted by molar-refractivity contribution is -0.137. The molecule has 0 saturated carbocycles. The third-order valence-electron chi connectivity index (χ3n) is 5.39. The highest BCUT2D eigenvalue weighted by Gasteiger charge is 2.37. The van der Waals surface area contributed by atoms with Gasteiger partial charge in [-0.05, 0) is 29.3 Å². The second kappa shape index (κ2) is 9.38. The number of hydrogen-bond acceptors (Lipinski definition) is 4. The summed E-state index contributed by atoms with van der Waals surface area (Å²) in [5.74, 6) is -3.30. The van der Waals surface area contributed by atoms with Gasteiger partial charge >= 0.3 is 12.1 Å². The Morgan fingerprint density at radius 2 is 1.83 bits per heavy atom. The van der Waals surface area contributed by atoms with Crippen LogP contribution in [-0.2, 0) is 30.5 Å². The SMILES string of the molecule is NCc1cccc(-c2cc(COc3cc(F)ccc3CC(=O)O)c(F)c3c(C(F)(F)F)coc23)c1. The van der Waals surface area contributed by atoms with E-state index in [0.29, 0.717) is 17.4 Å². The standard InChI is InChI=1S/C25H18F5NO4/c26-17-5-4-15(8-21(32)33)20(9-17)34-11-16-7-18(14-3-1-2-13(6-14)10-31)24-22(23(16)27)19(12-35-24)25(28,29)30/h1-7,9,12H,8,10-11,31H2,(H,32,33). The number of ether oxygens (including phenoxy) is 1. The van der Waals surface area contributed by atoms with Gasteiger partial charge in [0.2, 0.25) is 0 Å². The van der Waals surface area contributed by atoms with Crippen molar-refractivity contribution in [1.82, 2.24) is 0 Å². The second-order valence-corrected chi connectivity index (χ2v) is 7.76. The maximum absolute atomic E-state index is 15.4. The van der Waals surface area contributed by atoms with E-state index in [1.54, 1.807) is 24.3 Å². The van der Waals surface area contributed by atoms with Gasteiger partial charge in [0.05, 0.1) is 11.8 Å². The summed E-state index contributed by atoms with van der Waals surface area (Å²) in [4.78, 5) is 11.1. The normalized spacial score (nSPS) is 11.7. The van der Waals surface area contributed by atoms with Crippen LogP contribution in [0.4, 0.5) is 22.0 Å². The molecule has 3 aromatic carbocycles. The largest absolute Gasteiger partial charge is 0.488 e. The molecule has 0 aliphatic carbocycles. The Balaban J connectivity index is 1.85. The van der Waals surface area contributed by atoms with Crippen molar-refractivity contribution in [2.75, 3.05) is 0 Å². The van der Waals surface area contributed by atoms with E-state index in [0.717, 1.165) is 12.1 Å². The molecule has 0 amide bonds. The van der Waals surface area contributed by atoms with Crippen LogP contribution in [-0.4, -0.2) is 11.1 Å². The lowest BCUT2D eigenvalue weighted by atomic mass is 9.97. The van der Waals surface area contributed by atoms with Crippen LogP contribution in [0.5, 0.6) is 5.75 Å². The van der Waals surface area contributed by atoms with Gasteiger partial charge in [-0.25, -0.2) is 8.78 Å². The second-order valence-electron chi connectivity index (χ2n) is 7.76. The van der Waals surface area contributed by atoms with E-state index in [1.807, 2.05) is 0 Å². The Bertz CT molecular complexity index is 1410. The minimum Gasteiger partial charge on any atom is -0.488 e. The molecule has 0 unspecified atom stereocenters. The fourth-order valence-electron chi connectivity index (χ4n) is 3.76. The van der Waals surface area contributed by atoms with Crippen molar-refractivity contribution in [1.29, 1.82) is 0 Å². The number of carboxylic acids is 1. The first-order valence-corrected chi connectivity index (χ1v) is 10.3. The van der Waals surface area contributed by atoms with Crippen LogP contribution >= 0.6 is 0 Å². The number of hydrogen-bond donors (Lipinski definition) is 2. The van der Waals surface area contributed by atoms with Crippen LogP contribution in [0.3, 0.4) is 0 Å². The molecule has 0 bridgehead atoms. The summed E-state index contributed by atoms with van der Waals surface area (Å²) in [6, 6.07) is 11.1. The number of nitrogens with two attached hydrogens (primary N) is 1. The van der Waals surface area contributed by atoms with E-state index >= 15 is 4.39 Å². The molecule has 182 valence electrons. The molecule has 4 rings (SSSR count). The highest BCUT2D eigenvalue weighted by atomic mass is 19.4. The maximum atomic E-state index is 15.4. The van der Waals surface area contributed by atoms with E-state index in [4.69, 9.17) is 20.0 Å². The van der Waals surface area contributed by atoms with Crippen molar-refractivity contribution in [2.45, 2.75) is 25.7 Å². The summed E-state index contributed by atoms with van der Waals surface area (Å²) >= 11 is 0. The number of rotatable bonds is 7. The van der Waals surface area contributed by atoms with Crippen molar-refractivity contribution in [2.24, 2.45) is 5.73 Å². The molecule has 0 atom stereocenters. The van der Waals surface area contributed by atoms with Gasteiger partial charge in [-0.3, -0.25) is 4.79 Å². The zero-order valence-electron chi connectivity index (χ0n) is 18.0. The minimum absolute atomic E-state index is 0.121. The summed E-state index contributed by atoms with van der Waals surface area (Å²) in [5.41, 5.74) is 5.25. The average molecular weight is 491 g/mol. The number of fused-ring (bicyclic) bond motifs is 1. The smallest absolute Gasteiger partial charge is 0.420 e. The van der Waals surface area contributed by atoms with E-state index in [9.17, 15) is 22.4 Å². The summed E-state index contributed by atoms with van der Waals surface area (Å²) < 4.78 is 80.7. The number of carboxylic acid groups (broad SMARTS) is 1. The Labute approximate surface area is 195 Å². The molecular weight excluding hydrogens is 473 g/mol. The Morgan fingerprint density at radius 3 is 2.51 bits per heavy atom. The van der Waals surface area contributed by atoms with E-state index < -0.39 is 47.8 Å². The van der Waals surface area contributed by atoms with Gasteiger partial charge in [-0.15, -0.1) is 0 Å². The van der Waals surface area contributed by atoms with E-state index in [1.165, 1.54) is 12.1 Å². The zero-order valence-corrected chi connectivity index (χ0v) is 18.0. The molecule has 5 nitrogen and oxygen atoms in total. The molecule has 1 aromatic heterocycles. The minimum atomic E-state index is -4.89. The molecule has 1 heterocycles. The molecule has 0 spiro atoms. The van der Waals surface area contributed by atoms with Crippen LogP contribution in [0.2, 0.25) is 0 Å². The molecule has 10 heteroatoms. The van der Waals surface area contributed by atoms with E-state index in [2.05, 4.69) is 0 Å². The van der Waals surface area contributed by atoms with Crippen LogP contribution in [0.1, 0.15) is 22.3 Å². The molecule has 0 radical (unpaired) electrons. The first-order valence-electron chi connectivity index (χ1n) is 10.3. The van der Waals surface area contributed by atoms with Crippen molar-refractivity contribution in [3.63, 3.8) is 0 Å². The average Bonchev–Trinajstić information content (AvgIpc) is 3.26. The van der Waals surface area contributed by atoms with Crippen molar-refractivity contribution < 1.29 is 41.0 Å². The lowest BCUT2D eigenvalue weighted by Gasteiger charge is -2.14. The number of furan rings is 1. The van der Waals surface area contributed by atoms with Crippen LogP contribution < -0.4 is 10.5 Å². The van der Waals surface area contributed by atoms with Gasteiger partial charge < -0.3 is 20.0 Å². The predicted molar refractivity (Wildman–Crippen MR) is 117 cm³/mol. The molecule has 0 aliphatic rings. The molecular formula is C25H18F5NO4. The van der Waals surface area contributed by atoms with Crippen molar-refractivity contribution in [3.8, 4) is 16.9 Å². The first kappa shape index (κ1) is 24.2. The zero-order chi connectivity index (χ0) is 25.3. The third kappa shape index (κ3) is 4.97. The topological polar surface area (TPSA) is 85.7 Å². The lowest BCUT2D eigenvalue weighted by Crippen LogP contribution is -2.08. The van der Waals surface area contributed by atoms with Gasteiger partial charge in [0.25, 0.3) is 0 Å². The number of aliphatic carboxylic acids is 1. The summed E-state index contributed by atoms with van der Waals surface area (Å²) in [7, 11) is 0. The van der Waals surface area contributed by atoms with Gasteiger partial charge in [0, 0.05) is 29.3 Å². The number of benzene rings is 3.